The summed E-state index contributed by atoms with van der Waals surface area (Å²) in [6.45, 7) is 2.10. The quantitative estimate of drug-likeness (QED) is 0.876. The van der Waals surface area contributed by atoms with Crippen molar-refractivity contribution in [3.8, 4) is 5.75 Å². The average molecular weight is 285 g/mol. The fraction of sp³-hybridized carbons (Fsp3) is 0.312. The van der Waals surface area contributed by atoms with Crippen LogP contribution in [0.25, 0.3) is 0 Å². The zero-order chi connectivity index (χ0) is 14.7. The predicted octanol–water partition coefficient (Wildman–Crippen LogP) is 0.903. The van der Waals surface area contributed by atoms with Gasteiger partial charge in [0.25, 0.3) is 5.56 Å². The molecule has 0 spiro atoms. The zero-order valence-electron chi connectivity index (χ0n) is 12.0. The maximum Gasteiger partial charge on any atom is 0.250 e. The van der Waals surface area contributed by atoms with Gasteiger partial charge < -0.3 is 14.6 Å². The molecular weight excluding hydrogens is 266 g/mol. The van der Waals surface area contributed by atoms with E-state index >= 15 is 0 Å². The summed E-state index contributed by atoms with van der Waals surface area (Å²) >= 11 is 0. The van der Waals surface area contributed by atoms with Crippen LogP contribution in [0.3, 0.4) is 0 Å². The maximum absolute atomic E-state index is 12.0. The number of ether oxygens (including phenoxy) is 1. The number of rotatable bonds is 4. The molecule has 1 unspecified atom stereocenters. The summed E-state index contributed by atoms with van der Waals surface area (Å²) in [6.07, 6.45) is 1.83. The highest BCUT2D eigenvalue weighted by Crippen LogP contribution is 2.26. The molecule has 1 aliphatic rings. The first kappa shape index (κ1) is 13.9. The molecule has 0 amide bonds. The molecule has 1 saturated heterocycles. The van der Waals surface area contributed by atoms with Gasteiger partial charge in [-0.25, -0.2) is 0 Å². The van der Waals surface area contributed by atoms with Crippen LogP contribution in [-0.2, 0) is 12.1 Å². The Bertz CT molecular complexity index is 658. The van der Waals surface area contributed by atoms with Crippen LogP contribution in [-0.4, -0.2) is 24.9 Å². The fourth-order valence-electron chi connectivity index (χ4n) is 2.77. The molecule has 1 aromatic heterocycles. The third-order valence-corrected chi connectivity index (χ3v) is 3.96. The van der Waals surface area contributed by atoms with Gasteiger partial charge in [0.1, 0.15) is 5.75 Å². The average Bonchev–Trinajstić information content (AvgIpc) is 2.99. The van der Waals surface area contributed by atoms with E-state index in [0.29, 0.717) is 6.54 Å². The molecule has 1 fully saturated rings. The van der Waals surface area contributed by atoms with E-state index in [4.69, 9.17) is 4.74 Å². The second-order valence-electron chi connectivity index (χ2n) is 5.26. The fourth-order valence-corrected chi connectivity index (χ4v) is 2.77. The van der Waals surface area contributed by atoms with Crippen LogP contribution in [0.5, 0.6) is 5.75 Å². The van der Waals surface area contributed by atoms with E-state index in [1.807, 2.05) is 36.5 Å². The van der Waals surface area contributed by atoms with E-state index in [-0.39, 0.29) is 11.1 Å². The number of aromatic nitrogens is 1. The van der Waals surface area contributed by atoms with Gasteiger partial charge in [-0.2, -0.15) is 0 Å². The van der Waals surface area contributed by atoms with Gasteiger partial charge in [0, 0.05) is 32.0 Å². The van der Waals surface area contributed by atoms with Crippen LogP contribution in [0, 0.1) is 0 Å². The highest BCUT2D eigenvalue weighted by atomic mass is 16.5. The van der Waals surface area contributed by atoms with Crippen molar-refractivity contribution >= 4 is 0 Å². The summed E-state index contributed by atoms with van der Waals surface area (Å²) in [5.41, 5.74) is 0.875. The molecule has 21 heavy (non-hydrogen) atoms. The van der Waals surface area contributed by atoms with Crippen LogP contribution in [0.2, 0.25) is 0 Å². The smallest absolute Gasteiger partial charge is 0.250 e. The van der Waals surface area contributed by atoms with E-state index < -0.39 is 0 Å². The number of methoxy groups -OCH3 is 1. The Balaban J connectivity index is 1.95. The minimum absolute atomic E-state index is 0.0130. The number of benzene rings is 1. The molecule has 0 radical (unpaired) electrons. The van der Waals surface area contributed by atoms with Crippen LogP contribution < -0.4 is 20.9 Å². The Morgan fingerprint density at radius 2 is 2.05 bits per heavy atom. The Morgan fingerprint density at radius 3 is 2.67 bits per heavy atom. The lowest BCUT2D eigenvalue weighted by Crippen LogP contribution is -2.45. The van der Waals surface area contributed by atoms with Gasteiger partial charge in [0.15, 0.2) is 0 Å². The van der Waals surface area contributed by atoms with Crippen molar-refractivity contribution < 1.29 is 4.74 Å². The molecule has 2 heterocycles. The number of pyridine rings is 1. The van der Waals surface area contributed by atoms with Crippen molar-refractivity contribution in [3.05, 3.63) is 64.6 Å². The van der Waals surface area contributed by atoms with Crippen LogP contribution in [0.4, 0.5) is 0 Å². The highest BCUT2D eigenvalue weighted by Gasteiger charge is 2.35. The monoisotopic (exact) mass is 285 g/mol. The number of hydrogen-bond donors (Lipinski definition) is 2. The van der Waals surface area contributed by atoms with Crippen LogP contribution in [0.15, 0.2) is 53.5 Å². The van der Waals surface area contributed by atoms with E-state index in [1.54, 1.807) is 23.8 Å². The van der Waals surface area contributed by atoms with Crippen molar-refractivity contribution in [2.24, 2.45) is 0 Å². The van der Waals surface area contributed by atoms with Gasteiger partial charge >= 0.3 is 0 Å². The maximum atomic E-state index is 12.0. The molecule has 2 N–H and O–H groups in total. The van der Waals surface area contributed by atoms with Gasteiger partial charge in [-0.15, -0.1) is 0 Å². The lowest BCUT2D eigenvalue weighted by Gasteiger charge is -2.30. The molecular formula is C16H19N3O2. The summed E-state index contributed by atoms with van der Waals surface area (Å²) in [6, 6.07) is 13.2. The Morgan fingerprint density at radius 1 is 1.24 bits per heavy atom. The summed E-state index contributed by atoms with van der Waals surface area (Å²) in [5.74, 6) is 0.830. The lowest BCUT2D eigenvalue weighted by atomic mass is 9.90. The first-order chi connectivity index (χ1) is 10.2. The first-order valence-electron chi connectivity index (χ1n) is 6.99. The standard InChI is InChI=1S/C16H19N3O2/c1-21-14-7-5-13(6-8-14)16(10-17-12-18-16)11-19-9-3-2-4-15(19)20/h2-9,17-18H,10-12H2,1H3. The first-order valence-corrected chi connectivity index (χ1v) is 6.99. The topological polar surface area (TPSA) is 55.3 Å². The molecule has 0 saturated carbocycles. The largest absolute Gasteiger partial charge is 0.497 e. The zero-order valence-corrected chi connectivity index (χ0v) is 12.0. The van der Waals surface area contributed by atoms with E-state index in [9.17, 15) is 4.79 Å². The Labute approximate surface area is 123 Å². The molecule has 1 aromatic carbocycles. The van der Waals surface area contributed by atoms with Crippen molar-refractivity contribution in [2.45, 2.75) is 12.1 Å². The van der Waals surface area contributed by atoms with Crippen molar-refractivity contribution in [3.63, 3.8) is 0 Å². The molecule has 3 rings (SSSR count). The highest BCUT2D eigenvalue weighted by molar-refractivity contribution is 5.33. The predicted molar refractivity (Wildman–Crippen MR) is 81.4 cm³/mol. The minimum atomic E-state index is -0.280. The van der Waals surface area contributed by atoms with Gasteiger partial charge in [-0.1, -0.05) is 18.2 Å². The van der Waals surface area contributed by atoms with Crippen molar-refractivity contribution in [2.75, 3.05) is 20.3 Å². The third kappa shape index (κ3) is 2.70. The van der Waals surface area contributed by atoms with Crippen molar-refractivity contribution in [1.29, 1.82) is 0 Å². The molecule has 1 atom stereocenters. The summed E-state index contributed by atoms with van der Waals surface area (Å²) in [7, 11) is 1.66. The molecule has 0 aliphatic carbocycles. The van der Waals surface area contributed by atoms with E-state index in [0.717, 1.165) is 24.5 Å². The summed E-state index contributed by atoms with van der Waals surface area (Å²) in [4.78, 5) is 12.0. The van der Waals surface area contributed by atoms with E-state index in [2.05, 4.69) is 10.6 Å². The third-order valence-electron chi connectivity index (χ3n) is 3.96. The molecule has 5 heteroatoms. The van der Waals surface area contributed by atoms with Crippen LogP contribution in [0.1, 0.15) is 5.56 Å². The van der Waals surface area contributed by atoms with Gasteiger partial charge in [0.2, 0.25) is 0 Å². The number of nitrogens with one attached hydrogen (secondary N) is 2. The Hall–Kier alpha value is -2.11. The Kier molecular flexibility index (Phi) is 3.77. The van der Waals surface area contributed by atoms with Gasteiger partial charge in [-0.05, 0) is 23.8 Å². The van der Waals surface area contributed by atoms with Crippen LogP contribution >= 0.6 is 0 Å². The minimum Gasteiger partial charge on any atom is -0.497 e. The summed E-state index contributed by atoms with van der Waals surface area (Å²) in [5, 5.41) is 6.81. The number of nitrogens with zero attached hydrogens (tertiary/aromatic N) is 1. The number of hydrogen-bond acceptors (Lipinski definition) is 4. The molecule has 110 valence electrons. The lowest BCUT2D eigenvalue weighted by molar-refractivity contribution is 0.345. The van der Waals surface area contributed by atoms with E-state index in [1.165, 1.54) is 0 Å². The SMILES string of the molecule is COc1ccc(C2(Cn3ccccc3=O)CNCN2)cc1. The molecule has 5 nitrogen and oxygen atoms in total. The second kappa shape index (κ2) is 5.71. The molecule has 1 aliphatic heterocycles. The van der Waals surface area contributed by atoms with Gasteiger partial charge in [0.05, 0.1) is 12.6 Å². The van der Waals surface area contributed by atoms with Gasteiger partial charge in [-0.3, -0.25) is 10.1 Å². The van der Waals surface area contributed by atoms with Crippen molar-refractivity contribution in [1.82, 2.24) is 15.2 Å². The summed E-state index contributed by atoms with van der Waals surface area (Å²) < 4.78 is 6.95. The second-order valence-corrected chi connectivity index (χ2v) is 5.26. The molecule has 2 aromatic rings. The molecule has 0 bridgehead atoms. The normalized spacial score (nSPS) is 21.4.